The zero-order valence-corrected chi connectivity index (χ0v) is 17.7. The summed E-state index contributed by atoms with van der Waals surface area (Å²) in [6, 6.07) is 24.0. The molecule has 0 aliphatic carbocycles. The first-order chi connectivity index (χ1) is 14.4. The maximum absolute atomic E-state index is 13.1. The first kappa shape index (κ1) is 21.4. The number of hydrogen-bond donors (Lipinski definition) is 1. The van der Waals surface area contributed by atoms with Gasteiger partial charge in [0.25, 0.3) is 0 Å². The molecule has 3 rings (SSSR count). The van der Waals surface area contributed by atoms with Crippen LogP contribution in [0.1, 0.15) is 13.3 Å². The van der Waals surface area contributed by atoms with Crippen LogP contribution >= 0.6 is 0 Å². The molecule has 0 radical (unpaired) electrons. The highest BCUT2D eigenvalue weighted by molar-refractivity contribution is 7.92. The average molecular weight is 425 g/mol. The van der Waals surface area contributed by atoms with Crippen molar-refractivity contribution in [1.29, 1.82) is 0 Å². The third kappa shape index (κ3) is 5.18. The molecule has 1 atom stereocenters. The molecule has 0 saturated heterocycles. The molecule has 1 unspecified atom stereocenters. The molecule has 1 N–H and O–H groups in total. The van der Waals surface area contributed by atoms with E-state index in [0.29, 0.717) is 29.3 Å². The van der Waals surface area contributed by atoms with Gasteiger partial charge in [0.2, 0.25) is 15.9 Å². The topological polar surface area (TPSA) is 75.7 Å². The highest BCUT2D eigenvalue weighted by atomic mass is 32.2. The number of hydrogen-bond acceptors (Lipinski definition) is 4. The molecule has 156 valence electrons. The van der Waals surface area contributed by atoms with Crippen molar-refractivity contribution in [2.75, 3.05) is 15.9 Å². The first-order valence-electron chi connectivity index (χ1n) is 9.57. The van der Waals surface area contributed by atoms with E-state index in [0.717, 1.165) is 10.6 Å². The Bertz CT molecular complexity index is 1090. The average Bonchev–Trinajstić information content (AvgIpc) is 2.73. The molecule has 3 aromatic carbocycles. The number of rotatable bonds is 8. The normalized spacial score (nSPS) is 12.1. The van der Waals surface area contributed by atoms with E-state index in [-0.39, 0.29) is 0 Å². The van der Waals surface area contributed by atoms with Crippen LogP contribution in [0.4, 0.5) is 11.4 Å². The molecule has 0 aliphatic heterocycles. The molecular formula is C23H24N2O4S. The Balaban J connectivity index is 1.88. The number of benzene rings is 3. The Hall–Kier alpha value is -3.32. The summed E-state index contributed by atoms with van der Waals surface area (Å²) in [7, 11) is -3.68. The number of para-hydroxylation sites is 4. The highest BCUT2D eigenvalue weighted by Gasteiger charge is 2.31. The standard InChI is InChI=1S/C23H24N2O4S/c1-3-21(25(30(2,27)28)18-12-6-4-7-13-18)23(26)24-20-16-10-11-17-22(20)29-19-14-8-5-9-15-19/h4-17,21H,3H2,1-2H3,(H,24,26). The minimum Gasteiger partial charge on any atom is -0.455 e. The van der Waals surface area contributed by atoms with Gasteiger partial charge >= 0.3 is 0 Å². The van der Waals surface area contributed by atoms with E-state index in [9.17, 15) is 13.2 Å². The van der Waals surface area contributed by atoms with Crippen LogP contribution in [0, 0.1) is 0 Å². The van der Waals surface area contributed by atoms with Gasteiger partial charge in [0.15, 0.2) is 5.75 Å². The quantitative estimate of drug-likeness (QED) is 0.571. The fraction of sp³-hybridized carbons (Fsp3) is 0.174. The van der Waals surface area contributed by atoms with Crippen LogP contribution in [0.15, 0.2) is 84.9 Å². The van der Waals surface area contributed by atoms with Gasteiger partial charge in [-0.3, -0.25) is 9.10 Å². The second kappa shape index (κ2) is 9.45. The number of anilines is 2. The summed E-state index contributed by atoms with van der Waals surface area (Å²) in [6.07, 6.45) is 1.40. The second-order valence-corrected chi connectivity index (χ2v) is 8.58. The largest absolute Gasteiger partial charge is 0.455 e. The Morgan fingerprint density at radius 3 is 2.10 bits per heavy atom. The number of sulfonamides is 1. The molecule has 1 amide bonds. The van der Waals surface area contributed by atoms with Crippen LogP contribution in [-0.4, -0.2) is 26.6 Å². The Labute approximate surface area is 177 Å². The van der Waals surface area contributed by atoms with Crippen molar-refractivity contribution in [1.82, 2.24) is 0 Å². The molecule has 7 heteroatoms. The third-order valence-electron chi connectivity index (χ3n) is 4.46. The second-order valence-electron chi connectivity index (χ2n) is 6.72. The van der Waals surface area contributed by atoms with E-state index in [1.165, 1.54) is 0 Å². The summed E-state index contributed by atoms with van der Waals surface area (Å²) in [5, 5.41) is 2.83. The number of nitrogens with one attached hydrogen (secondary N) is 1. The number of carbonyl (C=O) groups is 1. The van der Waals surface area contributed by atoms with Crippen molar-refractivity contribution in [2.45, 2.75) is 19.4 Å². The monoisotopic (exact) mass is 424 g/mol. The van der Waals surface area contributed by atoms with Crippen molar-refractivity contribution < 1.29 is 17.9 Å². The van der Waals surface area contributed by atoms with Crippen LogP contribution in [-0.2, 0) is 14.8 Å². The fourth-order valence-corrected chi connectivity index (χ4v) is 4.34. The van der Waals surface area contributed by atoms with Crippen molar-refractivity contribution in [3.05, 3.63) is 84.9 Å². The maximum atomic E-state index is 13.1. The minimum absolute atomic E-state index is 0.301. The van der Waals surface area contributed by atoms with Crippen molar-refractivity contribution in [3.63, 3.8) is 0 Å². The molecule has 0 saturated carbocycles. The van der Waals surface area contributed by atoms with Crippen LogP contribution < -0.4 is 14.4 Å². The van der Waals surface area contributed by atoms with Gasteiger partial charge in [0, 0.05) is 0 Å². The van der Waals surface area contributed by atoms with E-state index in [2.05, 4.69) is 5.32 Å². The number of carbonyl (C=O) groups excluding carboxylic acids is 1. The molecule has 0 heterocycles. The van der Waals surface area contributed by atoms with Crippen LogP contribution in [0.3, 0.4) is 0 Å². The van der Waals surface area contributed by atoms with Gasteiger partial charge in [0.05, 0.1) is 17.6 Å². The molecule has 0 fully saturated rings. The molecule has 3 aromatic rings. The van der Waals surface area contributed by atoms with Gasteiger partial charge in [-0.1, -0.05) is 55.5 Å². The van der Waals surface area contributed by atoms with Gasteiger partial charge in [-0.2, -0.15) is 0 Å². The zero-order chi connectivity index (χ0) is 21.6. The highest BCUT2D eigenvalue weighted by Crippen LogP contribution is 2.30. The summed E-state index contributed by atoms with van der Waals surface area (Å²) >= 11 is 0. The summed E-state index contributed by atoms with van der Waals surface area (Å²) < 4.78 is 32.1. The lowest BCUT2D eigenvalue weighted by molar-refractivity contribution is -0.117. The number of ether oxygens (including phenoxy) is 1. The molecule has 0 spiro atoms. The summed E-state index contributed by atoms with van der Waals surface area (Å²) in [6.45, 7) is 1.78. The van der Waals surface area contributed by atoms with E-state index in [1.54, 1.807) is 61.5 Å². The van der Waals surface area contributed by atoms with Crippen LogP contribution in [0.2, 0.25) is 0 Å². The van der Waals surface area contributed by atoms with Crippen molar-refractivity contribution in [2.24, 2.45) is 0 Å². The Kier molecular flexibility index (Phi) is 6.74. The van der Waals surface area contributed by atoms with Crippen molar-refractivity contribution in [3.8, 4) is 11.5 Å². The SMILES string of the molecule is CCC(C(=O)Nc1ccccc1Oc1ccccc1)N(c1ccccc1)S(C)(=O)=O. The smallest absolute Gasteiger partial charge is 0.248 e. The van der Waals surface area contributed by atoms with Gasteiger partial charge in [-0.05, 0) is 42.8 Å². The summed E-state index contributed by atoms with van der Waals surface area (Å²) in [5.74, 6) is 0.668. The molecular weight excluding hydrogens is 400 g/mol. The fourth-order valence-electron chi connectivity index (χ4n) is 3.13. The molecule has 0 bridgehead atoms. The maximum Gasteiger partial charge on any atom is 0.248 e. The van der Waals surface area contributed by atoms with E-state index in [4.69, 9.17) is 4.74 Å². The summed E-state index contributed by atoms with van der Waals surface area (Å²) in [4.78, 5) is 13.1. The predicted octanol–water partition coefficient (Wildman–Crippen LogP) is 4.66. The number of amides is 1. The molecule has 0 aromatic heterocycles. The van der Waals surface area contributed by atoms with E-state index >= 15 is 0 Å². The Morgan fingerprint density at radius 2 is 1.50 bits per heavy atom. The third-order valence-corrected chi connectivity index (χ3v) is 5.64. The van der Waals surface area contributed by atoms with Gasteiger partial charge < -0.3 is 10.1 Å². The lowest BCUT2D eigenvalue weighted by Crippen LogP contribution is -2.47. The number of nitrogens with zero attached hydrogens (tertiary/aromatic N) is 1. The predicted molar refractivity (Wildman–Crippen MR) is 119 cm³/mol. The van der Waals surface area contributed by atoms with Gasteiger partial charge in [-0.15, -0.1) is 0 Å². The first-order valence-corrected chi connectivity index (χ1v) is 11.4. The van der Waals surface area contributed by atoms with Crippen LogP contribution in [0.25, 0.3) is 0 Å². The molecule has 0 aliphatic rings. The molecule has 30 heavy (non-hydrogen) atoms. The van der Waals surface area contributed by atoms with Crippen LogP contribution in [0.5, 0.6) is 11.5 Å². The van der Waals surface area contributed by atoms with Gasteiger partial charge in [-0.25, -0.2) is 8.42 Å². The Morgan fingerprint density at radius 1 is 0.933 bits per heavy atom. The van der Waals surface area contributed by atoms with Gasteiger partial charge in [0.1, 0.15) is 11.8 Å². The van der Waals surface area contributed by atoms with E-state index < -0.39 is 22.0 Å². The van der Waals surface area contributed by atoms with Crippen molar-refractivity contribution >= 4 is 27.3 Å². The minimum atomic E-state index is -3.68. The van der Waals surface area contributed by atoms with E-state index in [1.807, 2.05) is 30.3 Å². The summed E-state index contributed by atoms with van der Waals surface area (Å²) in [5.41, 5.74) is 0.905. The zero-order valence-electron chi connectivity index (χ0n) is 16.9. The lowest BCUT2D eigenvalue weighted by Gasteiger charge is -2.30. The molecule has 6 nitrogen and oxygen atoms in total. The lowest BCUT2D eigenvalue weighted by atomic mass is 10.1.